The molecule has 1 unspecified atom stereocenters. The molecule has 3 N–H and O–H groups in total. The van der Waals surface area contributed by atoms with Gasteiger partial charge in [0.2, 0.25) is 0 Å². The van der Waals surface area contributed by atoms with Gasteiger partial charge in [0.25, 0.3) is 0 Å². The molecule has 0 saturated carbocycles. The molecule has 156 valence electrons. The van der Waals surface area contributed by atoms with Crippen molar-refractivity contribution in [3.63, 3.8) is 0 Å². The summed E-state index contributed by atoms with van der Waals surface area (Å²) in [6.07, 6.45) is 2.09. The Bertz CT molecular complexity index is 712. The van der Waals surface area contributed by atoms with Crippen LogP contribution in [0.3, 0.4) is 0 Å². The van der Waals surface area contributed by atoms with Crippen molar-refractivity contribution < 1.29 is 9.63 Å². The zero-order chi connectivity index (χ0) is 19.7. The summed E-state index contributed by atoms with van der Waals surface area (Å²) >= 11 is 0. The number of hydrogen-bond acceptors (Lipinski definition) is 4. The Morgan fingerprint density at radius 1 is 1.18 bits per heavy atom. The zero-order valence-electron chi connectivity index (χ0n) is 17.2. The zero-order valence-corrected chi connectivity index (χ0v) is 19.6. The third-order valence-electron chi connectivity index (χ3n) is 4.71. The van der Waals surface area contributed by atoms with E-state index in [2.05, 4.69) is 34.6 Å². The van der Waals surface area contributed by atoms with E-state index in [1.54, 1.807) is 6.92 Å². The lowest BCUT2D eigenvalue weighted by molar-refractivity contribution is 0.0617. The molecule has 0 aliphatic heterocycles. The molecule has 0 bridgehead atoms. The third-order valence-corrected chi connectivity index (χ3v) is 4.71. The van der Waals surface area contributed by atoms with Crippen molar-refractivity contribution in [1.82, 2.24) is 15.8 Å². The van der Waals surface area contributed by atoms with Gasteiger partial charge in [-0.1, -0.05) is 49.3 Å². The van der Waals surface area contributed by atoms with Crippen molar-refractivity contribution in [1.29, 1.82) is 0 Å². The molecule has 0 fully saturated rings. The Morgan fingerprint density at radius 2 is 1.86 bits per heavy atom. The van der Waals surface area contributed by atoms with Crippen LogP contribution in [-0.2, 0) is 12.1 Å². The normalized spacial score (nSPS) is 13.7. The van der Waals surface area contributed by atoms with E-state index in [1.165, 1.54) is 0 Å². The molecule has 1 atom stereocenters. The van der Waals surface area contributed by atoms with Crippen LogP contribution >= 0.6 is 24.0 Å². The minimum absolute atomic E-state index is 0. The van der Waals surface area contributed by atoms with Crippen LogP contribution in [0, 0.1) is 0 Å². The molecule has 0 aliphatic carbocycles. The summed E-state index contributed by atoms with van der Waals surface area (Å²) in [4.78, 5) is 4.55. The van der Waals surface area contributed by atoms with Crippen LogP contribution in [0.4, 0.5) is 0 Å². The summed E-state index contributed by atoms with van der Waals surface area (Å²) < 4.78 is 5.43. The standard InChI is InChI=1S/C21H32N4O2.HI/c1-5-16(6-2)19-13-18(27-25-19)14-23-20(22-7-3)24-15-21(4,26)17-11-9-8-10-12-17;/h8-13,16,26H,5-7,14-15H2,1-4H3,(H2,22,23,24);1H. The minimum atomic E-state index is -0.994. The summed E-state index contributed by atoms with van der Waals surface area (Å²) in [5, 5.41) is 21.3. The van der Waals surface area contributed by atoms with Crippen molar-refractivity contribution in [2.45, 2.75) is 58.6 Å². The Hall–Kier alpha value is -1.61. The fourth-order valence-corrected chi connectivity index (χ4v) is 2.96. The lowest BCUT2D eigenvalue weighted by atomic mass is 9.96. The average molecular weight is 500 g/mol. The molecule has 2 rings (SSSR count). The molecule has 2 aromatic rings. The van der Waals surface area contributed by atoms with Crippen molar-refractivity contribution in [3.8, 4) is 0 Å². The Morgan fingerprint density at radius 3 is 2.46 bits per heavy atom. The Balaban J connectivity index is 0.00000392. The molecule has 0 spiro atoms. The third kappa shape index (κ3) is 7.09. The van der Waals surface area contributed by atoms with Crippen LogP contribution < -0.4 is 10.6 Å². The van der Waals surface area contributed by atoms with E-state index in [1.807, 2.05) is 43.3 Å². The molecule has 0 amide bonds. The highest BCUT2D eigenvalue weighted by Gasteiger charge is 2.23. The van der Waals surface area contributed by atoms with E-state index in [-0.39, 0.29) is 24.0 Å². The summed E-state index contributed by atoms with van der Waals surface area (Å²) in [6, 6.07) is 11.6. The molecular formula is C21H33IN4O2. The van der Waals surface area contributed by atoms with Gasteiger partial charge in [-0.3, -0.25) is 0 Å². The predicted octanol–water partition coefficient (Wildman–Crippen LogP) is 4.16. The first-order chi connectivity index (χ1) is 13.0. The minimum Gasteiger partial charge on any atom is -0.384 e. The molecular weight excluding hydrogens is 467 g/mol. The van der Waals surface area contributed by atoms with E-state index >= 15 is 0 Å². The molecule has 0 aliphatic rings. The summed E-state index contributed by atoms with van der Waals surface area (Å²) in [5.74, 6) is 1.80. The number of hydrogen-bond donors (Lipinski definition) is 3. The maximum atomic E-state index is 10.7. The lowest BCUT2D eigenvalue weighted by Crippen LogP contribution is -2.44. The highest BCUT2D eigenvalue weighted by atomic mass is 127. The van der Waals surface area contributed by atoms with Gasteiger partial charge in [0, 0.05) is 18.5 Å². The largest absolute Gasteiger partial charge is 0.384 e. The van der Waals surface area contributed by atoms with Gasteiger partial charge in [0.15, 0.2) is 11.7 Å². The number of guanidine groups is 1. The Labute approximate surface area is 185 Å². The summed E-state index contributed by atoms with van der Waals surface area (Å²) in [6.45, 7) is 9.59. The van der Waals surface area contributed by atoms with Gasteiger partial charge in [-0.15, -0.1) is 24.0 Å². The first kappa shape index (κ1) is 24.4. The molecule has 1 aromatic heterocycles. The van der Waals surface area contributed by atoms with Gasteiger partial charge >= 0.3 is 0 Å². The fraction of sp³-hybridized carbons (Fsp3) is 0.524. The number of aliphatic imine (C=N–C) groups is 1. The van der Waals surface area contributed by atoms with Gasteiger partial charge in [0.1, 0.15) is 12.1 Å². The SMILES string of the molecule is CCNC(=NCc1cc(C(CC)CC)no1)NCC(C)(O)c1ccccc1.I. The van der Waals surface area contributed by atoms with E-state index in [0.717, 1.165) is 36.4 Å². The van der Waals surface area contributed by atoms with Crippen LogP contribution in [0.25, 0.3) is 0 Å². The van der Waals surface area contributed by atoms with E-state index in [4.69, 9.17) is 4.52 Å². The second-order valence-corrected chi connectivity index (χ2v) is 6.92. The van der Waals surface area contributed by atoms with Crippen LogP contribution in [0.15, 0.2) is 45.9 Å². The van der Waals surface area contributed by atoms with Crippen molar-refractivity contribution in [3.05, 3.63) is 53.4 Å². The lowest BCUT2D eigenvalue weighted by Gasteiger charge is -2.25. The highest BCUT2D eigenvalue weighted by Crippen LogP contribution is 2.22. The smallest absolute Gasteiger partial charge is 0.191 e. The number of benzene rings is 1. The van der Waals surface area contributed by atoms with Crippen LogP contribution in [0.1, 0.15) is 63.5 Å². The number of nitrogens with one attached hydrogen (secondary N) is 2. The maximum absolute atomic E-state index is 10.7. The molecule has 6 nitrogen and oxygen atoms in total. The quantitative estimate of drug-likeness (QED) is 0.274. The molecule has 1 aromatic carbocycles. The fourth-order valence-electron chi connectivity index (χ4n) is 2.96. The van der Waals surface area contributed by atoms with E-state index in [0.29, 0.717) is 25.0 Å². The van der Waals surface area contributed by atoms with Crippen molar-refractivity contribution in [2.75, 3.05) is 13.1 Å². The maximum Gasteiger partial charge on any atom is 0.191 e. The van der Waals surface area contributed by atoms with Crippen LogP contribution in [-0.4, -0.2) is 29.3 Å². The molecule has 7 heteroatoms. The van der Waals surface area contributed by atoms with Gasteiger partial charge in [-0.25, -0.2) is 4.99 Å². The monoisotopic (exact) mass is 500 g/mol. The molecule has 0 saturated heterocycles. The van der Waals surface area contributed by atoms with E-state index < -0.39 is 5.60 Å². The van der Waals surface area contributed by atoms with Crippen LogP contribution in [0.5, 0.6) is 0 Å². The summed E-state index contributed by atoms with van der Waals surface area (Å²) in [5.41, 5.74) is 0.861. The van der Waals surface area contributed by atoms with E-state index in [9.17, 15) is 5.11 Å². The second-order valence-electron chi connectivity index (χ2n) is 6.92. The summed E-state index contributed by atoms with van der Waals surface area (Å²) in [7, 11) is 0. The number of halogens is 1. The Kier molecular flexibility index (Phi) is 10.5. The van der Waals surface area contributed by atoms with Crippen LogP contribution in [0.2, 0.25) is 0 Å². The highest BCUT2D eigenvalue weighted by molar-refractivity contribution is 14.0. The number of nitrogens with zero attached hydrogens (tertiary/aromatic N) is 2. The second kappa shape index (κ2) is 12.1. The number of aliphatic hydroxyl groups is 1. The molecule has 28 heavy (non-hydrogen) atoms. The van der Waals surface area contributed by atoms with Gasteiger partial charge in [0.05, 0.1) is 12.2 Å². The first-order valence-electron chi connectivity index (χ1n) is 9.75. The van der Waals surface area contributed by atoms with Crippen molar-refractivity contribution >= 4 is 29.9 Å². The molecule has 1 heterocycles. The van der Waals surface area contributed by atoms with Gasteiger partial charge in [-0.2, -0.15) is 0 Å². The first-order valence-corrected chi connectivity index (χ1v) is 9.75. The topological polar surface area (TPSA) is 82.7 Å². The van der Waals surface area contributed by atoms with Crippen molar-refractivity contribution in [2.24, 2.45) is 4.99 Å². The molecule has 0 radical (unpaired) electrons. The predicted molar refractivity (Wildman–Crippen MR) is 124 cm³/mol. The van der Waals surface area contributed by atoms with Gasteiger partial charge in [-0.05, 0) is 32.3 Å². The number of rotatable bonds is 9. The average Bonchev–Trinajstić information content (AvgIpc) is 3.14. The number of aromatic nitrogens is 1. The van der Waals surface area contributed by atoms with Gasteiger partial charge < -0.3 is 20.3 Å².